The van der Waals surface area contributed by atoms with E-state index < -0.39 is 245 Å². The van der Waals surface area contributed by atoms with Crippen molar-refractivity contribution in [1.82, 2.24) is 0 Å². The average molecular weight is 1830 g/mol. The van der Waals surface area contributed by atoms with E-state index in [9.17, 15) is 123 Å². The van der Waals surface area contributed by atoms with Gasteiger partial charge in [-0.15, -0.1) is 0 Å². The summed E-state index contributed by atoms with van der Waals surface area (Å²) in [5, 5.41) is 271. The third-order valence-corrected chi connectivity index (χ3v) is 29.0. The summed E-state index contributed by atoms with van der Waals surface area (Å²) in [6.45, 7) is -2.64. The van der Waals surface area contributed by atoms with Crippen LogP contribution in [0.2, 0.25) is 0 Å². The average Bonchev–Trinajstić information content (AvgIpc) is 0.768. The first-order valence-electron chi connectivity index (χ1n) is 38.7. The Morgan fingerprint density at radius 3 is 0.569 bits per heavy atom. The first kappa shape index (κ1) is 101. The highest BCUT2D eigenvalue weighted by atomic mass is 32.2. The van der Waals surface area contributed by atoms with Crippen LogP contribution in [0.1, 0.15) is 19.3 Å². The van der Waals surface area contributed by atoms with E-state index >= 15 is 0 Å². The molecule has 40 unspecified atom stereocenters. The van der Waals surface area contributed by atoms with Gasteiger partial charge in [-0.05, 0) is 12.8 Å². The summed E-state index contributed by atoms with van der Waals surface area (Å²) in [6.07, 6.45) is -67.7. The highest BCUT2D eigenvalue weighted by Crippen LogP contribution is 2.43. The van der Waals surface area contributed by atoms with E-state index in [4.69, 9.17) is 75.8 Å². The van der Waals surface area contributed by atoms with Gasteiger partial charge < -0.3 is 198 Å². The second kappa shape index (κ2) is 51.4. The Labute approximate surface area is 704 Å². The molecule has 0 radical (unpaired) electrons. The third kappa shape index (κ3) is 26.7. The second-order valence-corrected chi connectivity index (χ2v) is 38.0. The van der Waals surface area contributed by atoms with Gasteiger partial charge in [-0.1, -0.05) is 6.42 Å². The van der Waals surface area contributed by atoms with Crippen molar-refractivity contribution in [2.24, 2.45) is 5.92 Å². The van der Waals surface area contributed by atoms with E-state index in [1.54, 1.807) is 0 Å². The van der Waals surface area contributed by atoms with Gasteiger partial charge in [-0.25, -0.2) is 0 Å². The van der Waals surface area contributed by atoms with Gasteiger partial charge in [0.1, 0.15) is 134 Å². The van der Waals surface area contributed by atoms with Crippen LogP contribution in [-0.4, -0.2) is 514 Å². The first-order valence-corrected chi connectivity index (χ1v) is 48.0. The molecule has 40 atom stereocenters. The molecule has 0 spiro atoms. The smallest absolute Gasteiger partial charge is 0.187 e. The highest BCUT2D eigenvalue weighted by Gasteiger charge is 2.60. The predicted octanol–water partition coefficient (Wildman–Crippen LogP) is -10.1. The van der Waals surface area contributed by atoms with Crippen LogP contribution in [0.15, 0.2) is 0 Å². The fourth-order valence-corrected chi connectivity index (χ4v) is 21.2. The van der Waals surface area contributed by atoms with Crippen molar-refractivity contribution >= 4 is 94.1 Å². The van der Waals surface area contributed by atoms with E-state index in [0.717, 1.165) is 70.6 Å². The van der Waals surface area contributed by atoms with Crippen LogP contribution in [-0.2, 0) is 75.8 Å². The van der Waals surface area contributed by atoms with E-state index in [1.807, 2.05) is 0 Å². The summed E-state index contributed by atoms with van der Waals surface area (Å²) in [4.78, 5) is 0. The zero-order valence-corrected chi connectivity index (χ0v) is 70.0. The third-order valence-electron chi connectivity index (χ3n) is 20.7. The monoisotopic (exact) mass is 1830 g/mol. The van der Waals surface area contributed by atoms with E-state index in [1.165, 1.54) is 23.5 Å². The molecule has 0 aromatic heterocycles. The minimum atomic E-state index is -2.13. The highest BCUT2D eigenvalue weighted by molar-refractivity contribution is 8.00. The lowest BCUT2D eigenvalue weighted by Gasteiger charge is -2.50. The van der Waals surface area contributed by atoms with Crippen molar-refractivity contribution in [1.29, 1.82) is 0 Å². The number of hydrogen-bond donors (Lipinski definition) is 24. The molecule has 27 heterocycles. The molecule has 24 N–H and O–H groups in total. The fourth-order valence-electron chi connectivity index (χ4n) is 14.8. The Bertz CT molecular complexity index is 2690. The molecule has 48 heteroatoms. The van der Waals surface area contributed by atoms with E-state index in [-0.39, 0.29) is 171 Å². The van der Waals surface area contributed by atoms with Gasteiger partial charge >= 0.3 is 0 Å². The van der Waals surface area contributed by atoms with Crippen molar-refractivity contribution in [3.8, 4) is 0 Å². The molecule has 116 heavy (non-hydrogen) atoms. The Morgan fingerprint density at radius 2 is 0.362 bits per heavy atom. The summed E-state index contributed by atoms with van der Waals surface area (Å²) in [5.41, 5.74) is 0. The molecule has 0 aliphatic carbocycles. The minimum Gasteiger partial charge on any atom is -0.396 e. The van der Waals surface area contributed by atoms with Crippen molar-refractivity contribution in [3.05, 3.63) is 0 Å². The number of aliphatic hydroxyl groups excluding tert-OH is 24. The van der Waals surface area contributed by atoms with Crippen molar-refractivity contribution < 1.29 is 198 Å². The number of aliphatic hydroxyl groups is 24. The first-order chi connectivity index (χ1) is 55.9. The molecule has 27 saturated heterocycles. The summed E-state index contributed by atoms with van der Waals surface area (Å²) < 4.78 is 101. The van der Waals surface area contributed by atoms with Crippen LogP contribution >= 0.6 is 94.1 Å². The molecule has 27 aliphatic rings. The van der Waals surface area contributed by atoms with Crippen LogP contribution < -0.4 is 0 Å². The molecular formula is C68H120O40S8. The zero-order chi connectivity index (χ0) is 83.9. The standard InChI is InChI=1S/C68H120O40S8/c69-4-13-109-21-30-29-3-1-2-12-93-61-47(86)39(78)54(31(95-61)22-110-14-5-70)103-63-49(88)41(80)56(33(97-63)24-112-16-7-72)105-65-51(90)43(82)58(35(99-65)26-114-18-9-74)107-67-53(92)45(84)60(37(101-67)28-116-20-11-76)108-68-52(91)44(83)59(36(100-68)27-115-19-10-75)106-66-50(89)42(81)57(34(98-66)25-113-17-8-73)104-64-48(87)40(79)55(32(96-64)23-111-15-6-71)102-62(94-30)46(85)38(29)77/h29-92H,1-28H2. The quantitative estimate of drug-likeness (QED) is 0.0278. The van der Waals surface area contributed by atoms with Gasteiger partial charge in [0.15, 0.2) is 50.3 Å². The fraction of sp³-hybridized carbons (Fsp3) is 1.00. The van der Waals surface area contributed by atoms with Crippen LogP contribution in [0, 0.1) is 5.92 Å². The lowest BCUT2D eigenvalue weighted by atomic mass is 9.85. The number of ether oxygens (including phenoxy) is 16. The van der Waals surface area contributed by atoms with Gasteiger partial charge in [0.05, 0.1) is 108 Å². The molecule has 40 nitrogen and oxygen atoms in total. The van der Waals surface area contributed by atoms with Gasteiger partial charge in [-0.3, -0.25) is 0 Å². The summed E-state index contributed by atoms with van der Waals surface area (Å²) in [6, 6.07) is 0. The SMILES string of the molecule is OCCSCC1OC2OC3C(CSCCO)OC(OC4C(CSCCO)OC(OC5C(CSCCO)OC(OC6C(CSCCO)OC(OC7C(CSCCO)OC(OC8C(CSCCO)OC(OC9C(CSCCO)OC(OCCCCC1C(O)C2O)C(O)C9O)C(O)C8O)C(O)C7O)C(O)C6O)C(O)C5O)C(O)C4O)C(O)C3O. The lowest BCUT2D eigenvalue weighted by Crippen LogP contribution is -2.68. The molecule has 680 valence electrons. The van der Waals surface area contributed by atoms with E-state index in [0.29, 0.717) is 0 Å². The Kier molecular flexibility index (Phi) is 44.7. The minimum absolute atomic E-state index is 0.0136. The van der Waals surface area contributed by atoms with Crippen LogP contribution in [0.5, 0.6) is 0 Å². The molecular weight excluding hydrogens is 1710 g/mol. The van der Waals surface area contributed by atoms with Crippen molar-refractivity contribution in [3.63, 3.8) is 0 Å². The summed E-state index contributed by atoms with van der Waals surface area (Å²) in [7, 11) is 0. The van der Waals surface area contributed by atoms with Crippen molar-refractivity contribution in [2.45, 2.75) is 259 Å². The molecule has 16 bridgehead atoms. The Balaban J connectivity index is 1.03. The molecule has 0 saturated carbocycles. The number of rotatable bonds is 32. The summed E-state index contributed by atoms with van der Waals surface area (Å²) >= 11 is 8.98. The lowest BCUT2D eigenvalue weighted by molar-refractivity contribution is -0.391. The van der Waals surface area contributed by atoms with Crippen LogP contribution in [0.3, 0.4) is 0 Å². The van der Waals surface area contributed by atoms with Gasteiger partial charge in [-0.2, -0.15) is 94.1 Å². The van der Waals surface area contributed by atoms with Crippen LogP contribution in [0.25, 0.3) is 0 Å². The van der Waals surface area contributed by atoms with Crippen molar-refractivity contribution in [2.75, 3.05) is 152 Å². The zero-order valence-electron chi connectivity index (χ0n) is 63.4. The maximum absolute atomic E-state index is 12.2. The largest absolute Gasteiger partial charge is 0.396 e. The topological polar surface area (TPSA) is 633 Å². The Hall–Kier alpha value is 1.20. The van der Waals surface area contributed by atoms with Gasteiger partial charge in [0, 0.05) is 105 Å². The maximum atomic E-state index is 12.2. The molecule has 0 aromatic carbocycles. The number of thioether (sulfide) groups is 8. The maximum Gasteiger partial charge on any atom is 0.187 e. The van der Waals surface area contributed by atoms with E-state index in [2.05, 4.69) is 0 Å². The second-order valence-electron chi connectivity index (χ2n) is 28.8. The van der Waals surface area contributed by atoms with Gasteiger partial charge in [0.25, 0.3) is 0 Å². The van der Waals surface area contributed by atoms with Gasteiger partial charge in [0.2, 0.25) is 0 Å². The molecule has 0 amide bonds. The summed E-state index contributed by atoms with van der Waals surface area (Å²) in [5.74, 6) is -0.521. The molecule has 0 aromatic rings. The predicted molar refractivity (Wildman–Crippen MR) is 418 cm³/mol. The molecule has 27 rings (SSSR count). The Morgan fingerprint density at radius 1 is 0.190 bits per heavy atom. The normalized spacial score (nSPS) is 45.3. The molecule has 27 fully saturated rings. The molecule has 27 aliphatic heterocycles. The van der Waals surface area contributed by atoms with Crippen LogP contribution in [0.4, 0.5) is 0 Å². The number of hydrogen-bond acceptors (Lipinski definition) is 48.